The molecule has 2 aromatic carbocycles. The highest BCUT2D eigenvalue weighted by Gasteiger charge is 2.22. The first-order valence-corrected chi connectivity index (χ1v) is 11.4. The van der Waals surface area contributed by atoms with Gasteiger partial charge in [0.05, 0.1) is 29.2 Å². The van der Waals surface area contributed by atoms with Crippen LogP contribution in [-0.4, -0.2) is 38.5 Å². The van der Waals surface area contributed by atoms with Gasteiger partial charge in [-0.2, -0.15) is 10.4 Å². The van der Waals surface area contributed by atoms with E-state index in [4.69, 9.17) is 10.4 Å². The second kappa shape index (κ2) is 8.87. The van der Waals surface area contributed by atoms with Crippen molar-refractivity contribution in [2.24, 2.45) is 5.92 Å². The third-order valence-corrected chi connectivity index (χ3v) is 6.58. The fourth-order valence-electron chi connectivity index (χ4n) is 4.45. The van der Waals surface area contributed by atoms with Gasteiger partial charge in [0.1, 0.15) is 0 Å². The number of piperidine rings is 1. The van der Waals surface area contributed by atoms with Crippen molar-refractivity contribution in [2.75, 3.05) is 13.1 Å². The zero-order valence-corrected chi connectivity index (χ0v) is 18.6. The van der Waals surface area contributed by atoms with Crippen molar-refractivity contribution < 1.29 is 4.79 Å². The van der Waals surface area contributed by atoms with E-state index in [-0.39, 0.29) is 5.91 Å². The third kappa shape index (κ3) is 4.10. The molecule has 0 saturated carbocycles. The number of fused-ring (bicyclic) bond motifs is 1. The minimum Gasteiger partial charge on any atom is -0.339 e. The van der Waals surface area contributed by atoms with Crippen LogP contribution in [-0.2, 0) is 0 Å². The number of nitrogens with zero attached hydrogens (tertiary/aromatic N) is 5. The second-order valence-corrected chi connectivity index (χ2v) is 8.54. The molecule has 0 spiro atoms. The normalized spacial score (nSPS) is 14.4. The van der Waals surface area contributed by atoms with E-state index in [1.54, 1.807) is 18.3 Å². The predicted octanol–water partition coefficient (Wildman–Crippen LogP) is 5.20. The Balaban J connectivity index is 1.39. The van der Waals surface area contributed by atoms with Crippen molar-refractivity contribution in [3.05, 3.63) is 78.0 Å². The first-order valence-electron chi connectivity index (χ1n) is 11.4. The molecule has 33 heavy (non-hydrogen) atoms. The SMILES string of the molecule is CCC1CCN(C(=O)c2ccc(-c3ccc4ncc(-c5ccc(C#N)cc5)n4n3)cc2)CC1. The van der Waals surface area contributed by atoms with Gasteiger partial charge >= 0.3 is 0 Å². The molecule has 6 heteroatoms. The Bertz CT molecular complexity index is 1320. The number of amides is 1. The van der Waals surface area contributed by atoms with Gasteiger partial charge in [0.15, 0.2) is 5.65 Å². The van der Waals surface area contributed by atoms with Crippen LogP contribution in [0.15, 0.2) is 66.9 Å². The highest BCUT2D eigenvalue weighted by atomic mass is 16.2. The number of hydrogen-bond acceptors (Lipinski definition) is 4. The van der Waals surface area contributed by atoms with E-state index in [0.717, 1.165) is 65.6 Å². The highest BCUT2D eigenvalue weighted by Crippen LogP contribution is 2.25. The molecule has 0 atom stereocenters. The lowest BCUT2D eigenvalue weighted by atomic mass is 9.94. The maximum absolute atomic E-state index is 12.9. The zero-order valence-electron chi connectivity index (χ0n) is 18.6. The maximum Gasteiger partial charge on any atom is 0.253 e. The van der Waals surface area contributed by atoms with Gasteiger partial charge in [0.25, 0.3) is 5.91 Å². The lowest BCUT2D eigenvalue weighted by molar-refractivity contribution is 0.0689. The van der Waals surface area contributed by atoms with Crippen LogP contribution in [0.25, 0.3) is 28.2 Å². The molecule has 5 rings (SSSR count). The second-order valence-electron chi connectivity index (χ2n) is 8.54. The lowest BCUT2D eigenvalue weighted by Gasteiger charge is -2.31. The predicted molar refractivity (Wildman–Crippen MR) is 127 cm³/mol. The largest absolute Gasteiger partial charge is 0.339 e. The van der Waals surface area contributed by atoms with Crippen LogP contribution < -0.4 is 0 Å². The lowest BCUT2D eigenvalue weighted by Crippen LogP contribution is -2.38. The molecule has 2 aromatic heterocycles. The average Bonchev–Trinajstić information content (AvgIpc) is 3.32. The van der Waals surface area contributed by atoms with Crippen LogP contribution in [0.4, 0.5) is 0 Å². The molecule has 164 valence electrons. The number of aromatic nitrogens is 3. The maximum atomic E-state index is 12.9. The van der Waals surface area contributed by atoms with E-state index >= 15 is 0 Å². The molecule has 0 bridgehead atoms. The zero-order chi connectivity index (χ0) is 22.8. The number of hydrogen-bond donors (Lipinski definition) is 0. The van der Waals surface area contributed by atoms with E-state index in [1.165, 1.54) is 6.42 Å². The molecule has 1 amide bonds. The van der Waals surface area contributed by atoms with Crippen LogP contribution in [0, 0.1) is 17.2 Å². The van der Waals surface area contributed by atoms with Crippen LogP contribution in [0.3, 0.4) is 0 Å². The van der Waals surface area contributed by atoms with Crippen LogP contribution in [0.5, 0.6) is 0 Å². The van der Waals surface area contributed by atoms with Crippen molar-refractivity contribution in [3.63, 3.8) is 0 Å². The summed E-state index contributed by atoms with van der Waals surface area (Å²) >= 11 is 0. The third-order valence-electron chi connectivity index (χ3n) is 6.58. The molecular formula is C27H25N5O. The summed E-state index contributed by atoms with van der Waals surface area (Å²) in [6, 6.07) is 21.1. The van der Waals surface area contributed by atoms with E-state index < -0.39 is 0 Å². The number of benzene rings is 2. The summed E-state index contributed by atoms with van der Waals surface area (Å²) in [6.07, 6.45) is 5.17. The molecule has 0 N–H and O–H groups in total. The molecule has 1 saturated heterocycles. The number of carbonyl (C=O) groups is 1. The summed E-state index contributed by atoms with van der Waals surface area (Å²) in [5, 5.41) is 13.8. The van der Waals surface area contributed by atoms with Crippen molar-refractivity contribution in [3.8, 4) is 28.6 Å². The van der Waals surface area contributed by atoms with Crippen LogP contribution in [0.1, 0.15) is 42.1 Å². The standard InChI is InChI=1S/C27H25N5O/c1-2-19-13-15-31(16-14-19)27(33)23-9-7-21(8-10-23)24-11-12-26-29-18-25(32(26)30-24)22-5-3-20(17-28)4-6-22/h3-12,18-19H,2,13-16H2,1H3. The van der Waals surface area contributed by atoms with E-state index in [0.29, 0.717) is 5.56 Å². The fraction of sp³-hybridized carbons (Fsp3) is 0.259. The molecule has 6 nitrogen and oxygen atoms in total. The smallest absolute Gasteiger partial charge is 0.253 e. The Hall–Kier alpha value is -3.98. The van der Waals surface area contributed by atoms with Gasteiger partial charge in [-0.25, -0.2) is 9.50 Å². The Morgan fingerprint density at radius 1 is 1.00 bits per heavy atom. The summed E-state index contributed by atoms with van der Waals surface area (Å²) in [5.41, 5.74) is 5.63. The van der Waals surface area contributed by atoms with Gasteiger partial charge in [0.2, 0.25) is 0 Å². The Morgan fingerprint density at radius 2 is 1.70 bits per heavy atom. The molecule has 1 aliphatic heterocycles. The van der Waals surface area contributed by atoms with Crippen LogP contribution >= 0.6 is 0 Å². The van der Waals surface area contributed by atoms with E-state index in [2.05, 4.69) is 18.0 Å². The van der Waals surface area contributed by atoms with Gasteiger partial charge in [-0.05, 0) is 55.2 Å². The minimum absolute atomic E-state index is 0.109. The molecule has 0 radical (unpaired) electrons. The molecular weight excluding hydrogens is 410 g/mol. The Kier molecular flexibility index (Phi) is 5.62. The first-order chi connectivity index (χ1) is 16.2. The first kappa shape index (κ1) is 20.9. The number of carbonyl (C=O) groups excluding carboxylic acids is 1. The number of likely N-dealkylation sites (tertiary alicyclic amines) is 1. The van der Waals surface area contributed by atoms with Gasteiger partial charge in [0, 0.05) is 29.8 Å². The molecule has 0 aliphatic carbocycles. The Morgan fingerprint density at radius 3 is 2.36 bits per heavy atom. The average molecular weight is 436 g/mol. The van der Waals surface area contributed by atoms with Gasteiger partial charge in [-0.1, -0.05) is 37.6 Å². The summed E-state index contributed by atoms with van der Waals surface area (Å²) in [5.74, 6) is 0.854. The van der Waals surface area contributed by atoms with Crippen molar-refractivity contribution in [1.82, 2.24) is 19.5 Å². The van der Waals surface area contributed by atoms with Gasteiger partial charge < -0.3 is 4.90 Å². The fourth-order valence-corrected chi connectivity index (χ4v) is 4.45. The van der Waals surface area contributed by atoms with E-state index in [1.807, 2.05) is 57.9 Å². The summed E-state index contributed by atoms with van der Waals surface area (Å²) in [6.45, 7) is 3.91. The Labute approximate surface area is 193 Å². The highest BCUT2D eigenvalue weighted by molar-refractivity contribution is 5.94. The monoisotopic (exact) mass is 435 g/mol. The summed E-state index contributed by atoms with van der Waals surface area (Å²) in [7, 11) is 0. The van der Waals surface area contributed by atoms with Crippen molar-refractivity contribution >= 4 is 11.6 Å². The topological polar surface area (TPSA) is 74.3 Å². The molecule has 1 fully saturated rings. The number of imidazole rings is 1. The van der Waals surface area contributed by atoms with Gasteiger partial charge in [-0.15, -0.1) is 0 Å². The van der Waals surface area contributed by atoms with Crippen molar-refractivity contribution in [1.29, 1.82) is 5.26 Å². The molecule has 0 unspecified atom stereocenters. The van der Waals surface area contributed by atoms with E-state index in [9.17, 15) is 4.79 Å². The number of rotatable bonds is 4. The summed E-state index contributed by atoms with van der Waals surface area (Å²) in [4.78, 5) is 19.3. The molecule has 4 aromatic rings. The van der Waals surface area contributed by atoms with Gasteiger partial charge in [-0.3, -0.25) is 4.79 Å². The molecule has 3 heterocycles. The number of nitriles is 1. The van der Waals surface area contributed by atoms with Crippen molar-refractivity contribution in [2.45, 2.75) is 26.2 Å². The summed E-state index contributed by atoms with van der Waals surface area (Å²) < 4.78 is 1.81. The quantitative estimate of drug-likeness (QED) is 0.442. The molecule has 1 aliphatic rings. The van der Waals surface area contributed by atoms with Crippen LogP contribution in [0.2, 0.25) is 0 Å². The minimum atomic E-state index is 0.109.